The van der Waals surface area contributed by atoms with Crippen LogP contribution in [0.2, 0.25) is 0 Å². The topological polar surface area (TPSA) is 116 Å². The fourth-order valence-electron chi connectivity index (χ4n) is 2.20. The van der Waals surface area contributed by atoms with Crippen LogP contribution in [0.4, 0.5) is 5.69 Å². The van der Waals surface area contributed by atoms with Crippen LogP contribution < -0.4 is 10.4 Å². The molecule has 3 rings (SSSR count). The molecule has 0 spiro atoms. The van der Waals surface area contributed by atoms with Crippen LogP contribution in [0.25, 0.3) is 22.9 Å². The van der Waals surface area contributed by atoms with E-state index in [1.54, 1.807) is 24.3 Å². The second-order valence-corrected chi connectivity index (χ2v) is 5.06. The molecule has 0 aliphatic heterocycles. The molecule has 25 heavy (non-hydrogen) atoms. The van der Waals surface area contributed by atoms with E-state index < -0.39 is 10.5 Å². The Labute approximate surface area is 140 Å². The van der Waals surface area contributed by atoms with Crippen LogP contribution in [-0.2, 0) is 0 Å². The van der Waals surface area contributed by atoms with Crippen molar-refractivity contribution in [3.05, 3.63) is 74.3 Å². The smallest absolute Gasteiger partial charge is 0.362 e. The van der Waals surface area contributed by atoms with Gasteiger partial charge in [-0.25, -0.2) is 9.78 Å². The largest absolute Gasteiger partial charge is 0.507 e. The fourth-order valence-corrected chi connectivity index (χ4v) is 2.20. The van der Waals surface area contributed by atoms with Crippen molar-refractivity contribution in [3.63, 3.8) is 0 Å². The molecule has 8 heteroatoms. The van der Waals surface area contributed by atoms with Crippen molar-refractivity contribution >= 4 is 28.6 Å². The highest BCUT2D eigenvalue weighted by atomic mass is 16.6. The van der Waals surface area contributed by atoms with Crippen molar-refractivity contribution in [1.29, 1.82) is 0 Å². The maximum absolute atomic E-state index is 12.0. The minimum Gasteiger partial charge on any atom is -0.507 e. The lowest BCUT2D eigenvalue weighted by Gasteiger charge is -2.04. The number of rotatable bonds is 4. The van der Waals surface area contributed by atoms with Crippen LogP contribution in [0.1, 0.15) is 11.3 Å². The van der Waals surface area contributed by atoms with Crippen molar-refractivity contribution in [2.75, 3.05) is 7.11 Å². The van der Waals surface area contributed by atoms with Gasteiger partial charge in [0.25, 0.3) is 5.69 Å². The molecule has 1 N–H and O–H groups in total. The number of methoxy groups -OCH3 is 1. The standard InChI is InChI=1S/C17H12N2O6/c1-24-12-4-2-3-10(7-12)15(20)9-14-17(21)25-16-8-11(19(22)23)5-6-13(16)18-14/h2-9,20H,1H3. The second kappa shape index (κ2) is 6.44. The molecule has 126 valence electrons. The molecule has 2 aromatic carbocycles. The summed E-state index contributed by atoms with van der Waals surface area (Å²) in [5.41, 5.74) is -0.458. The quantitative estimate of drug-likeness (QED) is 0.440. The van der Waals surface area contributed by atoms with Gasteiger partial charge < -0.3 is 14.3 Å². The highest BCUT2D eigenvalue weighted by Gasteiger charge is 2.12. The Balaban J connectivity index is 2.06. The summed E-state index contributed by atoms with van der Waals surface area (Å²) in [4.78, 5) is 26.3. The van der Waals surface area contributed by atoms with Crippen LogP contribution in [0, 0.1) is 10.1 Å². The summed E-state index contributed by atoms with van der Waals surface area (Å²) in [6, 6.07) is 10.4. The molecule has 0 fully saturated rings. The third kappa shape index (κ3) is 3.32. The number of non-ortho nitro benzene ring substituents is 1. The number of hydrogen-bond donors (Lipinski definition) is 1. The first-order valence-electron chi connectivity index (χ1n) is 7.12. The van der Waals surface area contributed by atoms with Crippen molar-refractivity contribution in [2.45, 2.75) is 0 Å². The number of ether oxygens (including phenoxy) is 1. The summed E-state index contributed by atoms with van der Waals surface area (Å²) in [7, 11) is 1.50. The maximum Gasteiger partial charge on any atom is 0.362 e. The molecule has 0 bridgehead atoms. The van der Waals surface area contributed by atoms with Crippen LogP contribution in [0.15, 0.2) is 51.7 Å². The van der Waals surface area contributed by atoms with Crippen LogP contribution >= 0.6 is 0 Å². The van der Waals surface area contributed by atoms with Crippen molar-refractivity contribution in [3.8, 4) is 5.75 Å². The lowest BCUT2D eigenvalue weighted by Crippen LogP contribution is -2.06. The molecule has 3 aromatic rings. The normalized spacial score (nSPS) is 11.5. The van der Waals surface area contributed by atoms with Gasteiger partial charge in [-0.2, -0.15) is 0 Å². The third-order valence-electron chi connectivity index (χ3n) is 3.45. The summed E-state index contributed by atoms with van der Waals surface area (Å²) in [6.07, 6.45) is 1.17. The Morgan fingerprint density at radius 2 is 2.12 bits per heavy atom. The van der Waals surface area contributed by atoms with Gasteiger partial charge in [-0.3, -0.25) is 10.1 Å². The molecule has 8 nitrogen and oxygen atoms in total. The minimum atomic E-state index is -0.817. The molecule has 1 heterocycles. The van der Waals surface area contributed by atoms with E-state index in [0.717, 1.165) is 6.07 Å². The monoisotopic (exact) mass is 340 g/mol. The third-order valence-corrected chi connectivity index (χ3v) is 3.45. The molecule has 0 aliphatic rings. The molecule has 0 radical (unpaired) electrons. The molecule has 0 unspecified atom stereocenters. The second-order valence-electron chi connectivity index (χ2n) is 5.06. The average Bonchev–Trinajstić information content (AvgIpc) is 2.61. The van der Waals surface area contributed by atoms with Gasteiger partial charge in [-0.05, 0) is 18.2 Å². The number of nitro benzene ring substituents is 1. The Kier molecular flexibility index (Phi) is 4.17. The van der Waals surface area contributed by atoms with Gasteiger partial charge in [0.1, 0.15) is 17.0 Å². The van der Waals surface area contributed by atoms with E-state index in [1.165, 1.54) is 25.3 Å². The predicted molar refractivity (Wildman–Crippen MR) is 90.4 cm³/mol. The highest BCUT2D eigenvalue weighted by molar-refractivity contribution is 5.79. The Morgan fingerprint density at radius 3 is 2.84 bits per heavy atom. The Hall–Kier alpha value is -3.68. The number of nitro groups is 1. The molecule has 0 aliphatic carbocycles. The van der Waals surface area contributed by atoms with Gasteiger partial charge in [0.2, 0.25) is 0 Å². The van der Waals surface area contributed by atoms with Crippen molar-refractivity contribution in [1.82, 2.24) is 4.98 Å². The number of fused-ring (bicyclic) bond motifs is 1. The first-order chi connectivity index (χ1) is 12.0. The van der Waals surface area contributed by atoms with Gasteiger partial charge >= 0.3 is 5.63 Å². The zero-order chi connectivity index (χ0) is 18.0. The lowest BCUT2D eigenvalue weighted by atomic mass is 10.1. The van der Waals surface area contributed by atoms with Crippen LogP contribution in [-0.4, -0.2) is 22.1 Å². The van der Waals surface area contributed by atoms with E-state index in [9.17, 15) is 20.0 Å². The van der Waals surface area contributed by atoms with E-state index >= 15 is 0 Å². The molecular weight excluding hydrogens is 328 g/mol. The first kappa shape index (κ1) is 16.2. The fraction of sp³-hybridized carbons (Fsp3) is 0.0588. The molecule has 0 saturated carbocycles. The van der Waals surface area contributed by atoms with Gasteiger partial charge in [0.05, 0.1) is 18.1 Å². The van der Waals surface area contributed by atoms with E-state index in [-0.39, 0.29) is 28.2 Å². The first-order valence-corrected chi connectivity index (χ1v) is 7.12. The number of aliphatic hydroxyl groups excluding tert-OH is 1. The van der Waals surface area contributed by atoms with E-state index in [2.05, 4.69) is 4.98 Å². The van der Waals surface area contributed by atoms with Crippen molar-refractivity contribution < 1.29 is 19.2 Å². The van der Waals surface area contributed by atoms with Gasteiger partial charge in [-0.15, -0.1) is 0 Å². The summed E-state index contributed by atoms with van der Waals surface area (Å²) in [5.74, 6) is 0.350. The number of aliphatic hydroxyl groups is 1. The highest BCUT2D eigenvalue weighted by Crippen LogP contribution is 2.21. The maximum atomic E-state index is 12.0. The number of aromatic nitrogens is 1. The summed E-state index contributed by atoms with van der Waals surface area (Å²) in [5, 5.41) is 21.0. The number of nitrogens with zero attached hydrogens (tertiary/aromatic N) is 2. The molecule has 0 atom stereocenters. The molecule has 0 saturated heterocycles. The van der Waals surface area contributed by atoms with Crippen LogP contribution in [0.3, 0.4) is 0 Å². The SMILES string of the molecule is COc1cccc(C(O)=Cc2nc3ccc([N+](=O)[O-])cc3oc2=O)c1. The van der Waals surface area contributed by atoms with Gasteiger partial charge in [-0.1, -0.05) is 12.1 Å². The number of benzene rings is 2. The van der Waals surface area contributed by atoms with Crippen LogP contribution in [0.5, 0.6) is 5.75 Å². The van der Waals surface area contributed by atoms with Gasteiger partial charge in [0.15, 0.2) is 11.3 Å². The zero-order valence-corrected chi connectivity index (χ0v) is 13.0. The Bertz CT molecular complexity index is 1050. The van der Waals surface area contributed by atoms with E-state index in [0.29, 0.717) is 11.3 Å². The molecular formula is C17H12N2O6. The summed E-state index contributed by atoms with van der Waals surface area (Å²) < 4.78 is 10.1. The average molecular weight is 340 g/mol. The lowest BCUT2D eigenvalue weighted by molar-refractivity contribution is -0.384. The molecule has 0 amide bonds. The zero-order valence-electron chi connectivity index (χ0n) is 13.0. The number of hydrogen-bond acceptors (Lipinski definition) is 7. The predicted octanol–water partition coefficient (Wildman–Crippen LogP) is 3.16. The minimum absolute atomic E-state index is 0.00257. The molecule has 1 aromatic heterocycles. The Morgan fingerprint density at radius 1 is 1.32 bits per heavy atom. The van der Waals surface area contributed by atoms with Gasteiger partial charge in [0, 0.05) is 17.7 Å². The van der Waals surface area contributed by atoms with E-state index in [1.807, 2.05) is 0 Å². The summed E-state index contributed by atoms with van der Waals surface area (Å²) >= 11 is 0. The van der Waals surface area contributed by atoms with Crippen molar-refractivity contribution in [2.24, 2.45) is 0 Å². The summed E-state index contributed by atoms with van der Waals surface area (Å²) in [6.45, 7) is 0. The van der Waals surface area contributed by atoms with E-state index in [4.69, 9.17) is 9.15 Å².